The monoisotopic (exact) mass is 172 g/mol. The summed E-state index contributed by atoms with van der Waals surface area (Å²) in [6.45, 7) is 3.71. The fourth-order valence-corrected chi connectivity index (χ4v) is 1.51. The number of imidazole rings is 1. The molecule has 0 saturated carbocycles. The molecule has 0 aliphatic rings. The second-order valence-corrected chi connectivity index (χ2v) is 3.07. The standard InChI is InChI=1S/C11H12N2/c1-3-6-11-12-9-7-4-5-8-10(9)13(11)2/h3-5,7-8H,1,6H2,2H3. The predicted molar refractivity (Wildman–Crippen MR) is 54.6 cm³/mol. The summed E-state index contributed by atoms with van der Waals surface area (Å²) in [4.78, 5) is 4.49. The van der Waals surface area contributed by atoms with Crippen molar-refractivity contribution in [3.63, 3.8) is 0 Å². The largest absolute Gasteiger partial charge is 0.331 e. The summed E-state index contributed by atoms with van der Waals surface area (Å²) in [5.41, 5.74) is 2.24. The first-order valence-corrected chi connectivity index (χ1v) is 4.34. The van der Waals surface area contributed by atoms with E-state index >= 15 is 0 Å². The maximum atomic E-state index is 4.49. The Morgan fingerprint density at radius 1 is 1.46 bits per heavy atom. The van der Waals surface area contributed by atoms with Crippen molar-refractivity contribution in [2.24, 2.45) is 7.05 Å². The van der Waals surface area contributed by atoms with Crippen molar-refractivity contribution in [1.82, 2.24) is 9.55 Å². The molecule has 0 aliphatic carbocycles. The fraction of sp³-hybridized carbons (Fsp3) is 0.182. The maximum absolute atomic E-state index is 4.49. The molecular weight excluding hydrogens is 160 g/mol. The van der Waals surface area contributed by atoms with Crippen molar-refractivity contribution in [2.45, 2.75) is 6.42 Å². The predicted octanol–water partition coefficient (Wildman–Crippen LogP) is 2.30. The van der Waals surface area contributed by atoms with E-state index in [1.165, 1.54) is 5.52 Å². The highest BCUT2D eigenvalue weighted by molar-refractivity contribution is 5.75. The van der Waals surface area contributed by atoms with Crippen LogP contribution in [0.25, 0.3) is 11.0 Å². The van der Waals surface area contributed by atoms with Gasteiger partial charge in [0.05, 0.1) is 11.0 Å². The number of nitrogens with zero attached hydrogens (tertiary/aromatic N) is 2. The minimum Gasteiger partial charge on any atom is -0.331 e. The number of hydrogen-bond acceptors (Lipinski definition) is 1. The van der Waals surface area contributed by atoms with E-state index in [9.17, 15) is 0 Å². The van der Waals surface area contributed by atoms with Crippen molar-refractivity contribution in [3.8, 4) is 0 Å². The molecule has 2 rings (SSSR count). The van der Waals surface area contributed by atoms with Crippen LogP contribution in [0.4, 0.5) is 0 Å². The molecule has 0 atom stereocenters. The summed E-state index contributed by atoms with van der Waals surface area (Å²) in [5.74, 6) is 1.07. The Morgan fingerprint density at radius 3 is 2.92 bits per heavy atom. The van der Waals surface area contributed by atoms with Gasteiger partial charge in [0.25, 0.3) is 0 Å². The highest BCUT2D eigenvalue weighted by Gasteiger charge is 2.03. The first kappa shape index (κ1) is 8.05. The van der Waals surface area contributed by atoms with E-state index in [0.29, 0.717) is 0 Å². The number of para-hydroxylation sites is 2. The molecular formula is C11H12N2. The Morgan fingerprint density at radius 2 is 2.23 bits per heavy atom. The maximum Gasteiger partial charge on any atom is 0.113 e. The summed E-state index contributed by atoms with van der Waals surface area (Å²) in [7, 11) is 2.04. The van der Waals surface area contributed by atoms with Crippen LogP contribution in [0.5, 0.6) is 0 Å². The van der Waals surface area contributed by atoms with Crippen LogP contribution >= 0.6 is 0 Å². The summed E-state index contributed by atoms with van der Waals surface area (Å²) in [6.07, 6.45) is 2.70. The first-order valence-electron chi connectivity index (χ1n) is 4.34. The van der Waals surface area contributed by atoms with Crippen molar-refractivity contribution in [1.29, 1.82) is 0 Å². The third kappa shape index (κ3) is 1.24. The summed E-state index contributed by atoms with van der Waals surface area (Å²) in [5, 5.41) is 0. The topological polar surface area (TPSA) is 17.8 Å². The quantitative estimate of drug-likeness (QED) is 0.635. The van der Waals surface area contributed by atoms with Crippen LogP contribution in [0.1, 0.15) is 5.82 Å². The lowest BCUT2D eigenvalue weighted by Crippen LogP contribution is -1.95. The number of benzene rings is 1. The van der Waals surface area contributed by atoms with Gasteiger partial charge in [-0.05, 0) is 12.1 Å². The first-order chi connectivity index (χ1) is 6.33. The minimum absolute atomic E-state index is 0.825. The van der Waals surface area contributed by atoms with Crippen molar-refractivity contribution in [3.05, 3.63) is 42.7 Å². The molecule has 0 amide bonds. The van der Waals surface area contributed by atoms with Crippen LogP contribution in [0.15, 0.2) is 36.9 Å². The third-order valence-electron chi connectivity index (χ3n) is 2.21. The lowest BCUT2D eigenvalue weighted by atomic mass is 10.3. The Kier molecular flexibility index (Phi) is 1.89. The molecule has 2 nitrogen and oxygen atoms in total. The molecule has 0 aliphatic heterocycles. The van der Waals surface area contributed by atoms with Crippen LogP contribution in [-0.2, 0) is 13.5 Å². The second kappa shape index (κ2) is 3.05. The van der Waals surface area contributed by atoms with Crippen LogP contribution in [0.3, 0.4) is 0 Å². The highest BCUT2D eigenvalue weighted by Crippen LogP contribution is 2.14. The van der Waals surface area contributed by atoms with Gasteiger partial charge in [-0.3, -0.25) is 0 Å². The van der Waals surface area contributed by atoms with Gasteiger partial charge in [-0.2, -0.15) is 0 Å². The minimum atomic E-state index is 0.825. The zero-order valence-corrected chi connectivity index (χ0v) is 7.70. The normalized spacial score (nSPS) is 10.5. The van der Waals surface area contributed by atoms with Gasteiger partial charge in [-0.15, -0.1) is 6.58 Å². The molecule has 0 bridgehead atoms. The molecule has 1 aromatic carbocycles. The summed E-state index contributed by atoms with van der Waals surface area (Å²) < 4.78 is 2.11. The van der Waals surface area contributed by atoms with E-state index in [1.807, 2.05) is 31.3 Å². The molecule has 0 saturated heterocycles. The highest BCUT2D eigenvalue weighted by atomic mass is 15.1. The Hall–Kier alpha value is -1.57. The van der Waals surface area contributed by atoms with Gasteiger partial charge in [-0.25, -0.2) is 4.98 Å². The van der Waals surface area contributed by atoms with Crippen LogP contribution in [0.2, 0.25) is 0 Å². The molecule has 0 spiro atoms. The molecule has 13 heavy (non-hydrogen) atoms. The van der Waals surface area contributed by atoms with E-state index in [1.54, 1.807) is 0 Å². The lowest BCUT2D eigenvalue weighted by molar-refractivity contribution is 0.854. The van der Waals surface area contributed by atoms with E-state index in [4.69, 9.17) is 0 Å². The molecule has 0 N–H and O–H groups in total. The van der Waals surface area contributed by atoms with E-state index in [2.05, 4.69) is 22.2 Å². The number of fused-ring (bicyclic) bond motifs is 1. The number of aromatic nitrogens is 2. The Bertz CT molecular complexity index is 440. The van der Waals surface area contributed by atoms with Crippen LogP contribution < -0.4 is 0 Å². The molecule has 2 heteroatoms. The van der Waals surface area contributed by atoms with Gasteiger partial charge in [0.2, 0.25) is 0 Å². The number of allylic oxidation sites excluding steroid dienone is 1. The number of hydrogen-bond donors (Lipinski definition) is 0. The number of rotatable bonds is 2. The van der Waals surface area contributed by atoms with Gasteiger partial charge in [-0.1, -0.05) is 18.2 Å². The van der Waals surface area contributed by atoms with Gasteiger partial charge < -0.3 is 4.57 Å². The van der Waals surface area contributed by atoms with Crippen LogP contribution in [-0.4, -0.2) is 9.55 Å². The van der Waals surface area contributed by atoms with E-state index in [-0.39, 0.29) is 0 Å². The van der Waals surface area contributed by atoms with Gasteiger partial charge in [0, 0.05) is 13.5 Å². The third-order valence-corrected chi connectivity index (χ3v) is 2.21. The number of aryl methyl sites for hydroxylation is 1. The molecule has 0 unspecified atom stereocenters. The second-order valence-electron chi connectivity index (χ2n) is 3.07. The average molecular weight is 172 g/mol. The zero-order valence-electron chi connectivity index (χ0n) is 7.70. The molecule has 0 fully saturated rings. The smallest absolute Gasteiger partial charge is 0.113 e. The van der Waals surface area contributed by atoms with Crippen molar-refractivity contribution < 1.29 is 0 Å². The molecule has 66 valence electrons. The summed E-state index contributed by atoms with van der Waals surface area (Å²) in [6, 6.07) is 8.14. The van der Waals surface area contributed by atoms with Gasteiger partial charge in [0.1, 0.15) is 5.82 Å². The molecule has 0 radical (unpaired) electrons. The van der Waals surface area contributed by atoms with E-state index in [0.717, 1.165) is 17.8 Å². The Labute approximate surface area is 77.5 Å². The van der Waals surface area contributed by atoms with Crippen LogP contribution in [0, 0.1) is 0 Å². The fourth-order valence-electron chi connectivity index (χ4n) is 1.51. The van der Waals surface area contributed by atoms with Gasteiger partial charge in [0.15, 0.2) is 0 Å². The van der Waals surface area contributed by atoms with Crippen molar-refractivity contribution >= 4 is 11.0 Å². The van der Waals surface area contributed by atoms with Gasteiger partial charge >= 0.3 is 0 Å². The zero-order chi connectivity index (χ0) is 9.26. The molecule has 1 heterocycles. The molecule has 2 aromatic rings. The SMILES string of the molecule is C=CCc1nc2ccccc2n1C. The van der Waals surface area contributed by atoms with Crippen molar-refractivity contribution in [2.75, 3.05) is 0 Å². The van der Waals surface area contributed by atoms with E-state index < -0.39 is 0 Å². The molecule has 1 aromatic heterocycles. The summed E-state index contributed by atoms with van der Waals surface area (Å²) >= 11 is 0. The average Bonchev–Trinajstić information content (AvgIpc) is 2.46. The Balaban J connectivity index is 2.66. The lowest BCUT2D eigenvalue weighted by Gasteiger charge is -1.97.